The summed E-state index contributed by atoms with van der Waals surface area (Å²) in [7, 11) is 4.27. The molecule has 0 saturated heterocycles. The molecule has 0 aliphatic rings. The minimum atomic E-state index is -0.479. The van der Waals surface area contributed by atoms with Gasteiger partial charge in [-0.1, -0.05) is 32.5 Å². The minimum Gasteiger partial charge on any atom is -0.468 e. The van der Waals surface area contributed by atoms with E-state index < -0.39 is 17.2 Å². The third-order valence-corrected chi connectivity index (χ3v) is 4.50. The van der Waals surface area contributed by atoms with Crippen LogP contribution in [0.15, 0.2) is 14.6 Å². The summed E-state index contributed by atoms with van der Waals surface area (Å²) < 4.78 is 6.99. The molecule has 0 N–H and O–H groups in total. The second-order valence-corrected chi connectivity index (χ2v) is 7.92. The van der Waals surface area contributed by atoms with Gasteiger partial charge in [0.05, 0.1) is 12.9 Å². The van der Waals surface area contributed by atoms with Gasteiger partial charge in [0.1, 0.15) is 16.2 Å². The van der Waals surface area contributed by atoms with E-state index in [1.807, 2.05) is 20.8 Å². The van der Waals surface area contributed by atoms with E-state index in [0.717, 1.165) is 16.3 Å². The average Bonchev–Trinajstić information content (AvgIpc) is 2.53. The fourth-order valence-electron chi connectivity index (χ4n) is 2.32. The zero-order chi connectivity index (χ0) is 18.9. The molecule has 0 saturated carbocycles. The number of nitrogens with zero attached hydrogens (tertiary/aromatic N) is 4. The van der Waals surface area contributed by atoms with Crippen molar-refractivity contribution in [2.24, 2.45) is 19.5 Å². The van der Waals surface area contributed by atoms with Gasteiger partial charge in [-0.25, -0.2) is 14.8 Å². The zero-order valence-electron chi connectivity index (χ0n) is 15.2. The molecule has 0 spiro atoms. The summed E-state index contributed by atoms with van der Waals surface area (Å²) in [5, 5.41) is 0.613. The Balaban J connectivity index is 2.75. The third kappa shape index (κ3) is 4.09. The van der Waals surface area contributed by atoms with Crippen molar-refractivity contribution in [1.29, 1.82) is 0 Å². The maximum atomic E-state index is 12.6. The molecule has 0 unspecified atom stereocenters. The number of aryl methyl sites for hydroxylation is 1. The summed E-state index contributed by atoms with van der Waals surface area (Å²) in [4.78, 5) is 45.2. The highest BCUT2D eigenvalue weighted by atomic mass is 32.2. The Hall–Kier alpha value is -2.16. The number of hydrogen-bond donors (Lipinski definition) is 0. The molecule has 136 valence electrons. The number of esters is 1. The first-order valence-electron chi connectivity index (χ1n) is 7.71. The summed E-state index contributed by atoms with van der Waals surface area (Å²) in [6.45, 7) is 6.14. The van der Waals surface area contributed by atoms with Crippen LogP contribution in [0.2, 0.25) is 0 Å². The van der Waals surface area contributed by atoms with Crippen LogP contribution in [-0.2, 0) is 30.0 Å². The lowest BCUT2D eigenvalue weighted by atomic mass is 9.92. The van der Waals surface area contributed by atoms with Crippen molar-refractivity contribution in [1.82, 2.24) is 19.1 Å². The van der Waals surface area contributed by atoms with Crippen molar-refractivity contribution < 1.29 is 9.53 Å². The van der Waals surface area contributed by atoms with E-state index in [0.29, 0.717) is 17.3 Å². The minimum absolute atomic E-state index is 0.0174. The predicted octanol–water partition coefficient (Wildman–Crippen LogP) is 0.881. The second kappa shape index (κ2) is 6.99. The van der Waals surface area contributed by atoms with Crippen LogP contribution in [0.5, 0.6) is 0 Å². The van der Waals surface area contributed by atoms with E-state index in [1.54, 1.807) is 7.05 Å². The van der Waals surface area contributed by atoms with Crippen molar-refractivity contribution in [3.8, 4) is 0 Å². The van der Waals surface area contributed by atoms with E-state index in [2.05, 4.69) is 14.7 Å². The highest BCUT2D eigenvalue weighted by molar-refractivity contribution is 8.00. The topological polar surface area (TPSA) is 96.1 Å². The lowest BCUT2D eigenvalue weighted by molar-refractivity contribution is -0.137. The molecule has 0 aromatic carbocycles. The van der Waals surface area contributed by atoms with Gasteiger partial charge in [0, 0.05) is 20.5 Å². The number of fused-ring (bicyclic) bond motifs is 1. The Labute approximate surface area is 149 Å². The van der Waals surface area contributed by atoms with E-state index >= 15 is 0 Å². The van der Waals surface area contributed by atoms with E-state index in [9.17, 15) is 14.4 Å². The summed E-state index contributed by atoms with van der Waals surface area (Å²) in [6.07, 6.45) is 0.568. The number of aromatic nitrogens is 4. The van der Waals surface area contributed by atoms with Crippen LogP contribution >= 0.6 is 11.8 Å². The maximum Gasteiger partial charge on any atom is 0.332 e. The summed E-state index contributed by atoms with van der Waals surface area (Å²) in [6, 6.07) is 0. The molecule has 9 heteroatoms. The Morgan fingerprint density at radius 1 is 1.16 bits per heavy atom. The summed E-state index contributed by atoms with van der Waals surface area (Å²) in [5.74, 6) is 0.121. The van der Waals surface area contributed by atoms with Gasteiger partial charge < -0.3 is 4.74 Å². The molecule has 2 rings (SSSR count). The van der Waals surface area contributed by atoms with Crippen molar-refractivity contribution in [2.75, 3.05) is 12.9 Å². The highest BCUT2D eigenvalue weighted by Gasteiger charge is 2.21. The summed E-state index contributed by atoms with van der Waals surface area (Å²) >= 11 is 1.11. The molecule has 8 nitrogen and oxygen atoms in total. The van der Waals surface area contributed by atoms with E-state index in [4.69, 9.17) is 0 Å². The van der Waals surface area contributed by atoms with Gasteiger partial charge in [-0.15, -0.1) is 0 Å². The van der Waals surface area contributed by atoms with Crippen molar-refractivity contribution in [3.05, 3.63) is 26.7 Å². The number of hydrogen-bond acceptors (Lipinski definition) is 7. The number of ether oxygens (including phenoxy) is 1. The van der Waals surface area contributed by atoms with Crippen LogP contribution in [0.3, 0.4) is 0 Å². The molecule has 0 radical (unpaired) electrons. The van der Waals surface area contributed by atoms with Gasteiger partial charge in [-0.05, 0) is 5.41 Å². The number of methoxy groups -OCH3 is 1. The molecular formula is C16H22N4O4S. The Morgan fingerprint density at radius 3 is 2.36 bits per heavy atom. The molecule has 0 aliphatic heterocycles. The third-order valence-electron chi connectivity index (χ3n) is 3.56. The van der Waals surface area contributed by atoms with Crippen molar-refractivity contribution >= 4 is 28.8 Å². The molecule has 0 bridgehead atoms. The first-order valence-corrected chi connectivity index (χ1v) is 8.70. The second-order valence-electron chi connectivity index (χ2n) is 6.95. The van der Waals surface area contributed by atoms with Crippen LogP contribution < -0.4 is 11.2 Å². The van der Waals surface area contributed by atoms with Gasteiger partial charge in [-0.2, -0.15) is 0 Å². The maximum absolute atomic E-state index is 12.6. The van der Waals surface area contributed by atoms with Crippen molar-refractivity contribution in [2.45, 2.75) is 32.2 Å². The number of carbonyl (C=O) groups is 1. The average molecular weight is 366 g/mol. The number of thioether (sulfide) groups is 1. The van der Waals surface area contributed by atoms with Gasteiger partial charge in [0.15, 0.2) is 5.65 Å². The normalized spacial score (nSPS) is 11.8. The van der Waals surface area contributed by atoms with E-state index in [1.165, 1.54) is 18.7 Å². The Morgan fingerprint density at radius 2 is 1.80 bits per heavy atom. The van der Waals surface area contributed by atoms with Crippen molar-refractivity contribution in [3.63, 3.8) is 0 Å². The number of carbonyl (C=O) groups excluding carboxylic acids is 1. The quantitative estimate of drug-likeness (QED) is 0.450. The van der Waals surface area contributed by atoms with Gasteiger partial charge in [0.2, 0.25) is 0 Å². The van der Waals surface area contributed by atoms with Crippen LogP contribution in [0.25, 0.3) is 11.0 Å². The standard InChI is InChI=1S/C16H22N4O4S/c1-16(2,3)7-9-17-12-11(13(18-9)25-8-10(21)24-6)14(22)20(5)15(23)19(12)4/h7-8H2,1-6H3. The molecule has 0 fully saturated rings. The fourth-order valence-corrected chi connectivity index (χ4v) is 3.18. The summed E-state index contributed by atoms with van der Waals surface area (Å²) in [5.41, 5.74) is -0.736. The van der Waals surface area contributed by atoms with Crippen LogP contribution in [0.1, 0.15) is 26.6 Å². The Bertz CT molecular complexity index is 940. The number of rotatable bonds is 4. The molecule has 0 atom stereocenters. The molecule has 0 aliphatic carbocycles. The molecule has 2 heterocycles. The van der Waals surface area contributed by atoms with E-state index in [-0.39, 0.29) is 22.2 Å². The van der Waals surface area contributed by atoms with Crippen LogP contribution in [-0.4, -0.2) is 37.9 Å². The van der Waals surface area contributed by atoms with Gasteiger partial charge >= 0.3 is 11.7 Å². The smallest absolute Gasteiger partial charge is 0.332 e. The molecule has 0 amide bonds. The van der Waals surface area contributed by atoms with Gasteiger partial charge in [-0.3, -0.25) is 18.7 Å². The highest BCUT2D eigenvalue weighted by Crippen LogP contribution is 2.25. The molecule has 2 aromatic rings. The van der Waals surface area contributed by atoms with Crippen LogP contribution in [0.4, 0.5) is 0 Å². The molecule has 2 aromatic heterocycles. The molecule has 25 heavy (non-hydrogen) atoms. The fraction of sp³-hybridized carbons (Fsp3) is 0.562. The van der Waals surface area contributed by atoms with Gasteiger partial charge in [0.25, 0.3) is 5.56 Å². The predicted molar refractivity (Wildman–Crippen MR) is 95.9 cm³/mol. The lowest BCUT2D eigenvalue weighted by Gasteiger charge is -2.18. The zero-order valence-corrected chi connectivity index (χ0v) is 16.1. The molecular weight excluding hydrogens is 344 g/mol. The Kier molecular flexibility index (Phi) is 5.36. The first kappa shape index (κ1) is 19.2. The first-order chi connectivity index (χ1) is 11.5. The SMILES string of the molecule is COC(=O)CSc1nc(CC(C)(C)C)nc2c1c(=O)n(C)c(=O)n2C. The lowest BCUT2D eigenvalue weighted by Crippen LogP contribution is -2.38. The van der Waals surface area contributed by atoms with Crippen LogP contribution in [0, 0.1) is 5.41 Å². The monoisotopic (exact) mass is 366 g/mol. The largest absolute Gasteiger partial charge is 0.468 e.